The van der Waals surface area contributed by atoms with Gasteiger partial charge in [-0.15, -0.1) is 5.10 Å². The molecule has 1 saturated carbocycles. The van der Waals surface area contributed by atoms with E-state index in [1.807, 2.05) is 4.68 Å². The average Bonchev–Trinajstić information content (AvgIpc) is 2.98. The second-order valence-corrected chi connectivity index (χ2v) is 7.00. The normalized spacial score (nSPS) is 16.2. The van der Waals surface area contributed by atoms with Crippen molar-refractivity contribution in [1.29, 1.82) is 0 Å². The number of tetrazole rings is 1. The van der Waals surface area contributed by atoms with Crippen molar-refractivity contribution in [3.05, 3.63) is 0 Å². The largest absolute Gasteiger partial charge is 0.310 e. The Balaban J connectivity index is 1.72. The number of hydrogen-bond donors (Lipinski definition) is 1. The first-order chi connectivity index (χ1) is 8.54. The van der Waals surface area contributed by atoms with Crippen LogP contribution in [-0.2, 0) is 6.54 Å². The molecule has 0 amide bonds. The van der Waals surface area contributed by atoms with E-state index in [0.717, 1.165) is 29.9 Å². The van der Waals surface area contributed by atoms with Crippen LogP contribution in [0.4, 0.5) is 0 Å². The third-order valence-corrected chi connectivity index (χ3v) is 3.92. The van der Waals surface area contributed by atoms with Crippen molar-refractivity contribution in [2.45, 2.75) is 57.3 Å². The fourth-order valence-electron chi connectivity index (χ4n) is 1.70. The maximum Gasteiger partial charge on any atom is 0.209 e. The molecule has 102 valence electrons. The number of aromatic nitrogens is 4. The summed E-state index contributed by atoms with van der Waals surface area (Å²) in [5, 5.41) is 16.3. The van der Waals surface area contributed by atoms with Gasteiger partial charge in [0.25, 0.3) is 0 Å². The number of thioether (sulfide) groups is 1. The zero-order valence-corrected chi connectivity index (χ0v) is 12.3. The summed E-state index contributed by atoms with van der Waals surface area (Å²) in [6.45, 7) is 8.22. The molecule has 5 nitrogen and oxygen atoms in total. The van der Waals surface area contributed by atoms with E-state index in [9.17, 15) is 0 Å². The average molecular weight is 269 g/mol. The molecule has 0 aliphatic heterocycles. The van der Waals surface area contributed by atoms with Crippen molar-refractivity contribution >= 4 is 11.8 Å². The quantitative estimate of drug-likeness (QED) is 0.767. The van der Waals surface area contributed by atoms with Gasteiger partial charge in [0.15, 0.2) is 0 Å². The monoisotopic (exact) mass is 269 g/mol. The molecule has 1 fully saturated rings. The van der Waals surface area contributed by atoms with Crippen LogP contribution in [-0.4, -0.2) is 38.0 Å². The summed E-state index contributed by atoms with van der Waals surface area (Å²) in [5.74, 6) is 2.11. The fourth-order valence-corrected chi connectivity index (χ4v) is 2.71. The molecule has 0 aromatic carbocycles. The van der Waals surface area contributed by atoms with Gasteiger partial charge in [0.2, 0.25) is 5.16 Å². The molecule has 1 aliphatic rings. The van der Waals surface area contributed by atoms with Gasteiger partial charge in [-0.05, 0) is 43.5 Å². The lowest BCUT2D eigenvalue weighted by atomic mass is 10.1. The Morgan fingerprint density at radius 2 is 2.17 bits per heavy atom. The first-order valence-corrected chi connectivity index (χ1v) is 7.67. The molecule has 0 bridgehead atoms. The molecular formula is C12H23N5S. The molecule has 0 saturated heterocycles. The molecule has 2 rings (SSSR count). The predicted octanol–water partition coefficient (Wildman–Crippen LogP) is 1.95. The summed E-state index contributed by atoms with van der Waals surface area (Å²) in [6, 6.07) is 0. The van der Waals surface area contributed by atoms with Crippen LogP contribution in [0.5, 0.6) is 0 Å². The van der Waals surface area contributed by atoms with E-state index in [1.165, 1.54) is 19.3 Å². The maximum absolute atomic E-state index is 4.09. The topological polar surface area (TPSA) is 55.6 Å². The van der Waals surface area contributed by atoms with Crippen molar-refractivity contribution in [3.63, 3.8) is 0 Å². The number of hydrogen-bond acceptors (Lipinski definition) is 5. The Bertz CT molecular complexity index is 367. The molecule has 1 heterocycles. The Morgan fingerprint density at radius 3 is 2.83 bits per heavy atom. The highest BCUT2D eigenvalue weighted by molar-refractivity contribution is 7.99. The third kappa shape index (κ3) is 4.94. The minimum absolute atomic E-state index is 0.146. The smallest absolute Gasteiger partial charge is 0.209 e. The van der Waals surface area contributed by atoms with Gasteiger partial charge in [0.1, 0.15) is 0 Å². The van der Waals surface area contributed by atoms with Crippen LogP contribution in [0.1, 0.15) is 40.0 Å². The fraction of sp³-hybridized carbons (Fsp3) is 0.917. The zero-order chi connectivity index (χ0) is 13.0. The van der Waals surface area contributed by atoms with Gasteiger partial charge in [0, 0.05) is 17.8 Å². The summed E-state index contributed by atoms with van der Waals surface area (Å²) < 4.78 is 1.90. The van der Waals surface area contributed by atoms with Crippen LogP contribution >= 0.6 is 11.8 Å². The summed E-state index contributed by atoms with van der Waals surface area (Å²) in [7, 11) is 0. The Hall–Kier alpha value is -0.620. The predicted molar refractivity (Wildman–Crippen MR) is 73.6 cm³/mol. The highest BCUT2D eigenvalue weighted by atomic mass is 32.2. The minimum Gasteiger partial charge on any atom is -0.310 e. The first-order valence-electron chi connectivity index (χ1n) is 6.68. The molecule has 1 N–H and O–H groups in total. The van der Waals surface area contributed by atoms with Crippen molar-refractivity contribution < 1.29 is 0 Å². The Kier molecular flexibility index (Phi) is 4.61. The van der Waals surface area contributed by atoms with Gasteiger partial charge in [-0.2, -0.15) is 0 Å². The number of nitrogens with one attached hydrogen (secondary N) is 1. The highest BCUT2D eigenvalue weighted by Crippen LogP contribution is 2.34. The summed E-state index contributed by atoms with van der Waals surface area (Å²) in [4.78, 5) is 0. The van der Waals surface area contributed by atoms with Crippen molar-refractivity contribution in [2.75, 3.05) is 12.3 Å². The van der Waals surface area contributed by atoms with Gasteiger partial charge in [-0.1, -0.05) is 24.6 Å². The van der Waals surface area contributed by atoms with E-state index in [0.29, 0.717) is 0 Å². The number of rotatable bonds is 7. The van der Waals surface area contributed by atoms with E-state index in [2.05, 4.69) is 41.6 Å². The van der Waals surface area contributed by atoms with Gasteiger partial charge >= 0.3 is 0 Å². The highest BCUT2D eigenvalue weighted by Gasteiger charge is 2.21. The van der Waals surface area contributed by atoms with Crippen molar-refractivity contribution in [3.8, 4) is 0 Å². The second-order valence-electron chi connectivity index (χ2n) is 5.94. The van der Waals surface area contributed by atoms with E-state index in [4.69, 9.17) is 0 Å². The summed E-state index contributed by atoms with van der Waals surface area (Å²) in [6.07, 6.45) is 4.14. The van der Waals surface area contributed by atoms with Crippen LogP contribution in [0.2, 0.25) is 0 Å². The molecule has 18 heavy (non-hydrogen) atoms. The van der Waals surface area contributed by atoms with Crippen molar-refractivity contribution in [2.24, 2.45) is 5.92 Å². The first kappa shape index (κ1) is 13.8. The Labute approximate surface area is 113 Å². The lowest BCUT2D eigenvalue weighted by Crippen LogP contribution is -2.38. The van der Waals surface area contributed by atoms with E-state index in [1.54, 1.807) is 11.8 Å². The van der Waals surface area contributed by atoms with Crippen LogP contribution < -0.4 is 5.32 Å². The lowest BCUT2D eigenvalue weighted by molar-refractivity contribution is 0.396. The third-order valence-electron chi connectivity index (χ3n) is 2.93. The summed E-state index contributed by atoms with van der Waals surface area (Å²) >= 11 is 1.78. The molecule has 1 aliphatic carbocycles. The molecule has 0 atom stereocenters. The van der Waals surface area contributed by atoms with E-state index < -0.39 is 0 Å². The SMILES string of the molecule is CC(C)(C)NCCn1nnnc1SCCC1CC1. The molecule has 1 aromatic rings. The van der Waals surface area contributed by atoms with Gasteiger partial charge in [-0.3, -0.25) is 0 Å². The zero-order valence-electron chi connectivity index (χ0n) is 11.5. The van der Waals surface area contributed by atoms with Crippen LogP contribution in [0.25, 0.3) is 0 Å². The minimum atomic E-state index is 0.146. The van der Waals surface area contributed by atoms with Gasteiger partial charge in [0.05, 0.1) is 6.54 Å². The molecule has 0 radical (unpaired) electrons. The maximum atomic E-state index is 4.09. The van der Waals surface area contributed by atoms with Crippen LogP contribution in [0, 0.1) is 5.92 Å². The standard InChI is InChI=1S/C12H23N5S/c1-12(2,3)13-7-8-17-11(14-15-16-17)18-9-6-10-4-5-10/h10,13H,4-9H2,1-3H3. The van der Waals surface area contributed by atoms with Gasteiger partial charge < -0.3 is 5.32 Å². The van der Waals surface area contributed by atoms with Crippen LogP contribution in [0.15, 0.2) is 5.16 Å². The number of nitrogens with zero attached hydrogens (tertiary/aromatic N) is 4. The lowest BCUT2D eigenvalue weighted by Gasteiger charge is -2.20. The van der Waals surface area contributed by atoms with Crippen LogP contribution in [0.3, 0.4) is 0 Å². The second kappa shape index (κ2) is 6.02. The molecular weight excluding hydrogens is 246 g/mol. The van der Waals surface area contributed by atoms with Gasteiger partial charge in [-0.25, -0.2) is 4.68 Å². The summed E-state index contributed by atoms with van der Waals surface area (Å²) in [5.41, 5.74) is 0.146. The van der Waals surface area contributed by atoms with E-state index >= 15 is 0 Å². The Morgan fingerprint density at radius 1 is 1.39 bits per heavy atom. The molecule has 0 unspecified atom stereocenters. The molecule has 1 aromatic heterocycles. The van der Waals surface area contributed by atoms with Crippen molar-refractivity contribution in [1.82, 2.24) is 25.5 Å². The van der Waals surface area contributed by atoms with E-state index in [-0.39, 0.29) is 5.54 Å². The molecule has 0 spiro atoms. The molecule has 6 heteroatoms.